The van der Waals surface area contributed by atoms with Gasteiger partial charge in [-0.2, -0.15) is 0 Å². The Morgan fingerprint density at radius 1 is 0.575 bits per heavy atom. The SMILES string of the molecule is C=CCOc1ccc2ccc3c(c2c1)C(c1ccc2ccccc2c1)c1c(ccc2ccc(OCC=C)cc12)O3. The molecular weight excluding hydrogens is 492 g/mol. The second kappa shape index (κ2) is 9.94. The lowest BCUT2D eigenvalue weighted by Crippen LogP contribution is -2.13. The van der Waals surface area contributed by atoms with E-state index in [0.29, 0.717) is 13.2 Å². The summed E-state index contributed by atoms with van der Waals surface area (Å²) in [5, 5.41) is 6.92. The molecule has 1 aliphatic heterocycles. The molecule has 0 saturated heterocycles. The van der Waals surface area contributed by atoms with Crippen LogP contribution in [0.5, 0.6) is 23.0 Å². The average Bonchev–Trinajstić information content (AvgIpc) is 3.01. The van der Waals surface area contributed by atoms with E-state index < -0.39 is 0 Å². The van der Waals surface area contributed by atoms with Crippen molar-refractivity contribution in [3.8, 4) is 23.0 Å². The third-order valence-corrected chi connectivity index (χ3v) is 7.63. The fraction of sp³-hybridized carbons (Fsp3) is 0.0811. The Morgan fingerprint density at radius 2 is 1.10 bits per heavy atom. The molecule has 1 aliphatic rings. The van der Waals surface area contributed by atoms with Crippen molar-refractivity contribution in [2.45, 2.75) is 5.92 Å². The number of hydrogen-bond donors (Lipinski definition) is 0. The summed E-state index contributed by atoms with van der Waals surface area (Å²) in [4.78, 5) is 0. The molecule has 3 heteroatoms. The van der Waals surface area contributed by atoms with E-state index in [4.69, 9.17) is 14.2 Å². The quantitative estimate of drug-likeness (QED) is 0.196. The maximum atomic E-state index is 6.66. The fourth-order valence-electron chi connectivity index (χ4n) is 5.85. The second-order valence-electron chi connectivity index (χ2n) is 10.1. The standard InChI is InChI=1S/C37H28O3/c1-3-19-38-29-15-11-25-13-17-33-36(31(25)22-29)35(28-10-9-24-7-5-6-8-27(24)21-28)37-32-23-30(39-20-4-2)16-12-26(32)14-18-34(37)40-33/h3-18,21-23,35H,1-2,19-20H2. The highest BCUT2D eigenvalue weighted by Crippen LogP contribution is 2.53. The lowest BCUT2D eigenvalue weighted by molar-refractivity contribution is 0.363. The molecule has 0 aliphatic carbocycles. The summed E-state index contributed by atoms with van der Waals surface area (Å²) >= 11 is 0. The average molecular weight is 521 g/mol. The van der Waals surface area contributed by atoms with Gasteiger partial charge in [0.15, 0.2) is 0 Å². The molecule has 3 nitrogen and oxygen atoms in total. The minimum absolute atomic E-state index is 0.0694. The first-order chi connectivity index (χ1) is 19.7. The van der Waals surface area contributed by atoms with Gasteiger partial charge in [-0.05, 0) is 74.3 Å². The molecule has 6 aromatic carbocycles. The van der Waals surface area contributed by atoms with Crippen LogP contribution >= 0.6 is 0 Å². The Bertz CT molecular complexity index is 1830. The number of hydrogen-bond acceptors (Lipinski definition) is 3. The van der Waals surface area contributed by atoms with E-state index in [1.807, 2.05) is 12.1 Å². The van der Waals surface area contributed by atoms with E-state index in [0.717, 1.165) is 55.7 Å². The van der Waals surface area contributed by atoms with Crippen molar-refractivity contribution in [1.29, 1.82) is 0 Å². The van der Waals surface area contributed by atoms with Gasteiger partial charge >= 0.3 is 0 Å². The normalized spacial score (nSPS) is 12.5. The summed E-state index contributed by atoms with van der Waals surface area (Å²) in [6.07, 6.45) is 3.53. The van der Waals surface area contributed by atoms with Gasteiger partial charge in [-0.1, -0.05) is 92.0 Å². The van der Waals surface area contributed by atoms with Crippen LogP contribution < -0.4 is 14.2 Å². The summed E-state index contributed by atoms with van der Waals surface area (Å²) in [5.41, 5.74) is 3.47. The van der Waals surface area contributed by atoms with Crippen LogP contribution in [0.15, 0.2) is 128 Å². The van der Waals surface area contributed by atoms with E-state index in [1.54, 1.807) is 12.2 Å². The number of benzene rings is 6. The Labute approximate surface area is 233 Å². The van der Waals surface area contributed by atoms with Gasteiger partial charge in [-0.15, -0.1) is 0 Å². The Hall–Kier alpha value is -5.02. The van der Waals surface area contributed by atoms with Gasteiger partial charge in [0.2, 0.25) is 0 Å². The molecule has 0 aromatic heterocycles. The van der Waals surface area contributed by atoms with Gasteiger partial charge in [0.1, 0.15) is 36.2 Å². The van der Waals surface area contributed by atoms with E-state index in [2.05, 4.69) is 104 Å². The summed E-state index contributed by atoms with van der Waals surface area (Å²) in [7, 11) is 0. The van der Waals surface area contributed by atoms with Gasteiger partial charge < -0.3 is 14.2 Å². The van der Waals surface area contributed by atoms with Gasteiger partial charge in [0.25, 0.3) is 0 Å². The lowest BCUT2D eigenvalue weighted by atomic mass is 9.78. The van der Waals surface area contributed by atoms with Gasteiger partial charge in [-0.3, -0.25) is 0 Å². The molecule has 0 bridgehead atoms. The molecule has 0 radical (unpaired) electrons. The molecule has 6 aromatic rings. The minimum atomic E-state index is -0.0694. The third kappa shape index (κ3) is 4.07. The molecule has 0 atom stereocenters. The van der Waals surface area contributed by atoms with E-state index in [9.17, 15) is 0 Å². The maximum absolute atomic E-state index is 6.66. The lowest BCUT2D eigenvalue weighted by Gasteiger charge is -2.31. The molecule has 0 spiro atoms. The largest absolute Gasteiger partial charge is 0.490 e. The Balaban J connectivity index is 1.53. The van der Waals surface area contributed by atoms with Crippen LogP contribution in [0.4, 0.5) is 0 Å². The first-order valence-electron chi connectivity index (χ1n) is 13.5. The van der Waals surface area contributed by atoms with Crippen LogP contribution in [0.3, 0.4) is 0 Å². The van der Waals surface area contributed by atoms with Crippen molar-refractivity contribution >= 4 is 32.3 Å². The molecule has 194 valence electrons. The molecule has 0 amide bonds. The molecule has 1 heterocycles. The fourth-order valence-corrected chi connectivity index (χ4v) is 5.85. The first kappa shape index (κ1) is 24.1. The molecular formula is C37H28O3. The Morgan fingerprint density at radius 3 is 1.68 bits per heavy atom. The van der Waals surface area contributed by atoms with Gasteiger partial charge in [0, 0.05) is 17.0 Å². The molecule has 0 saturated carbocycles. The van der Waals surface area contributed by atoms with Gasteiger partial charge in [-0.25, -0.2) is 0 Å². The maximum Gasteiger partial charge on any atom is 0.132 e. The zero-order valence-electron chi connectivity index (χ0n) is 22.1. The molecule has 0 unspecified atom stereocenters. The van der Waals surface area contributed by atoms with Crippen LogP contribution in [-0.2, 0) is 0 Å². The number of fused-ring (bicyclic) bond motifs is 7. The molecule has 0 fully saturated rings. The summed E-state index contributed by atoms with van der Waals surface area (Å²) < 4.78 is 18.6. The smallest absolute Gasteiger partial charge is 0.132 e. The summed E-state index contributed by atoms with van der Waals surface area (Å²) in [5.74, 6) is 3.26. The highest BCUT2D eigenvalue weighted by atomic mass is 16.5. The summed E-state index contributed by atoms with van der Waals surface area (Å²) in [6.45, 7) is 8.51. The zero-order chi connectivity index (χ0) is 27.1. The van der Waals surface area contributed by atoms with Crippen molar-refractivity contribution < 1.29 is 14.2 Å². The highest BCUT2D eigenvalue weighted by molar-refractivity contribution is 5.96. The highest BCUT2D eigenvalue weighted by Gasteiger charge is 2.32. The van der Waals surface area contributed by atoms with Crippen LogP contribution in [-0.4, -0.2) is 13.2 Å². The van der Waals surface area contributed by atoms with Crippen LogP contribution in [0.2, 0.25) is 0 Å². The Kier molecular flexibility index (Phi) is 5.98. The van der Waals surface area contributed by atoms with Crippen LogP contribution in [0, 0.1) is 0 Å². The number of rotatable bonds is 7. The van der Waals surface area contributed by atoms with Crippen molar-refractivity contribution in [2.75, 3.05) is 13.2 Å². The van der Waals surface area contributed by atoms with E-state index >= 15 is 0 Å². The number of ether oxygens (including phenoxy) is 3. The zero-order valence-corrected chi connectivity index (χ0v) is 22.1. The minimum Gasteiger partial charge on any atom is -0.490 e. The van der Waals surface area contributed by atoms with Gasteiger partial charge in [0.05, 0.1) is 0 Å². The monoisotopic (exact) mass is 520 g/mol. The van der Waals surface area contributed by atoms with Crippen molar-refractivity contribution in [3.63, 3.8) is 0 Å². The molecule has 0 N–H and O–H groups in total. The third-order valence-electron chi connectivity index (χ3n) is 7.63. The molecule has 40 heavy (non-hydrogen) atoms. The predicted molar refractivity (Wildman–Crippen MR) is 164 cm³/mol. The van der Waals surface area contributed by atoms with Crippen molar-refractivity contribution in [3.05, 3.63) is 145 Å². The first-order valence-corrected chi connectivity index (χ1v) is 13.5. The predicted octanol–water partition coefficient (Wildman–Crippen LogP) is 9.56. The molecule has 7 rings (SSSR count). The van der Waals surface area contributed by atoms with Crippen LogP contribution in [0.25, 0.3) is 32.3 Å². The van der Waals surface area contributed by atoms with Crippen molar-refractivity contribution in [1.82, 2.24) is 0 Å². The van der Waals surface area contributed by atoms with Crippen molar-refractivity contribution in [2.24, 2.45) is 0 Å². The van der Waals surface area contributed by atoms with E-state index in [1.165, 1.54) is 16.3 Å². The summed E-state index contributed by atoms with van der Waals surface area (Å²) in [6, 6.07) is 36.2. The second-order valence-corrected chi connectivity index (χ2v) is 10.1. The van der Waals surface area contributed by atoms with E-state index in [-0.39, 0.29) is 5.92 Å². The topological polar surface area (TPSA) is 27.7 Å². The van der Waals surface area contributed by atoms with Crippen LogP contribution in [0.1, 0.15) is 22.6 Å².